The average molecular weight is 206 g/mol. The van der Waals surface area contributed by atoms with Crippen molar-refractivity contribution in [2.75, 3.05) is 13.7 Å². The summed E-state index contributed by atoms with van der Waals surface area (Å²) in [5.74, 6) is 1.66. The molecule has 1 aliphatic carbocycles. The first-order chi connectivity index (χ1) is 7.20. The van der Waals surface area contributed by atoms with Gasteiger partial charge in [-0.05, 0) is 31.4 Å². The van der Waals surface area contributed by atoms with Gasteiger partial charge < -0.3 is 9.47 Å². The van der Waals surface area contributed by atoms with Gasteiger partial charge in [0.15, 0.2) is 0 Å². The van der Waals surface area contributed by atoms with Gasteiger partial charge in [-0.15, -0.1) is 0 Å². The second-order valence-corrected chi connectivity index (χ2v) is 3.44. The molecule has 2 heteroatoms. The molecule has 0 saturated carbocycles. The molecule has 0 aromatic rings. The zero-order valence-corrected chi connectivity index (χ0v) is 9.51. The maximum atomic E-state index is 5.56. The molecule has 0 atom stereocenters. The van der Waals surface area contributed by atoms with Crippen LogP contribution in [-0.2, 0) is 9.47 Å². The lowest BCUT2D eigenvalue weighted by molar-refractivity contribution is 0.250. The predicted octanol–water partition coefficient (Wildman–Crippen LogP) is 3.34. The van der Waals surface area contributed by atoms with Crippen LogP contribution in [0.15, 0.2) is 48.0 Å². The van der Waals surface area contributed by atoms with Gasteiger partial charge in [0.25, 0.3) is 0 Å². The van der Waals surface area contributed by atoms with Crippen LogP contribution >= 0.6 is 0 Å². The maximum absolute atomic E-state index is 5.56. The number of ether oxygens (including phenoxy) is 2. The van der Waals surface area contributed by atoms with Crippen molar-refractivity contribution in [1.82, 2.24) is 0 Å². The van der Waals surface area contributed by atoms with Gasteiger partial charge in [-0.2, -0.15) is 0 Å². The van der Waals surface area contributed by atoms with E-state index < -0.39 is 0 Å². The maximum Gasteiger partial charge on any atom is 0.119 e. The highest BCUT2D eigenvalue weighted by Gasteiger charge is 2.15. The van der Waals surface area contributed by atoms with Crippen molar-refractivity contribution in [2.24, 2.45) is 0 Å². The largest absolute Gasteiger partial charge is 0.497 e. The summed E-state index contributed by atoms with van der Waals surface area (Å²) in [5, 5.41) is 0. The van der Waals surface area contributed by atoms with Gasteiger partial charge in [-0.3, -0.25) is 0 Å². The summed E-state index contributed by atoms with van der Waals surface area (Å²) in [7, 11) is 1.64. The molecular weight excluding hydrogens is 188 g/mol. The lowest BCUT2D eigenvalue weighted by Gasteiger charge is -2.20. The molecule has 0 aromatic heterocycles. The highest BCUT2D eigenvalue weighted by Crippen LogP contribution is 2.29. The van der Waals surface area contributed by atoms with Gasteiger partial charge in [-0.1, -0.05) is 19.2 Å². The van der Waals surface area contributed by atoms with Gasteiger partial charge in [0, 0.05) is 5.57 Å². The van der Waals surface area contributed by atoms with Crippen LogP contribution in [0.4, 0.5) is 0 Å². The van der Waals surface area contributed by atoms with Crippen LogP contribution in [0.25, 0.3) is 0 Å². The summed E-state index contributed by atoms with van der Waals surface area (Å²) < 4.78 is 10.7. The Balaban J connectivity index is 2.83. The molecule has 1 aliphatic rings. The molecule has 15 heavy (non-hydrogen) atoms. The summed E-state index contributed by atoms with van der Waals surface area (Å²) in [4.78, 5) is 0. The van der Waals surface area contributed by atoms with Crippen LogP contribution in [0.2, 0.25) is 0 Å². The standard InChI is InChI=1S/C13H18O2/c1-5-9-15-13-8-6-7-12(10(13)2)11(3)14-4/h5,8H,1,3,6-7,9H2,2,4H3. The molecule has 0 bridgehead atoms. The third-order valence-corrected chi connectivity index (χ3v) is 2.49. The van der Waals surface area contributed by atoms with Crippen LogP contribution < -0.4 is 0 Å². The average Bonchev–Trinajstić information content (AvgIpc) is 2.27. The number of hydrogen-bond acceptors (Lipinski definition) is 2. The van der Waals surface area contributed by atoms with Gasteiger partial charge in [0.1, 0.15) is 18.1 Å². The Morgan fingerprint density at radius 3 is 2.93 bits per heavy atom. The highest BCUT2D eigenvalue weighted by atomic mass is 16.5. The second kappa shape index (κ2) is 5.44. The summed E-state index contributed by atoms with van der Waals surface area (Å²) >= 11 is 0. The molecule has 0 spiro atoms. The molecule has 82 valence electrons. The van der Waals surface area contributed by atoms with Crippen molar-refractivity contribution in [3.05, 3.63) is 48.0 Å². The first kappa shape index (κ1) is 11.6. The quantitative estimate of drug-likeness (QED) is 0.507. The molecule has 2 nitrogen and oxygen atoms in total. The van der Waals surface area contributed by atoms with Gasteiger partial charge >= 0.3 is 0 Å². The number of rotatable bonds is 5. The van der Waals surface area contributed by atoms with Crippen molar-refractivity contribution in [3.63, 3.8) is 0 Å². The lowest BCUT2D eigenvalue weighted by Crippen LogP contribution is -2.05. The third kappa shape index (κ3) is 2.75. The first-order valence-electron chi connectivity index (χ1n) is 5.08. The minimum Gasteiger partial charge on any atom is -0.497 e. The van der Waals surface area contributed by atoms with Crippen molar-refractivity contribution < 1.29 is 9.47 Å². The SMILES string of the molecule is C=CCOC1=CCCC(C(=C)OC)=C1C. The predicted molar refractivity (Wildman–Crippen MR) is 62.3 cm³/mol. The molecule has 1 rings (SSSR count). The lowest BCUT2D eigenvalue weighted by atomic mass is 9.96. The van der Waals surface area contributed by atoms with Crippen LogP contribution in [0.1, 0.15) is 19.8 Å². The normalized spacial score (nSPS) is 15.7. The van der Waals surface area contributed by atoms with E-state index in [1.165, 1.54) is 0 Å². The van der Waals surface area contributed by atoms with Crippen molar-refractivity contribution >= 4 is 0 Å². The highest BCUT2D eigenvalue weighted by molar-refractivity contribution is 5.41. The van der Waals surface area contributed by atoms with E-state index in [1.807, 2.05) is 6.92 Å². The minimum atomic E-state index is 0.538. The molecule has 0 heterocycles. The monoisotopic (exact) mass is 206 g/mol. The number of hydrogen-bond donors (Lipinski definition) is 0. The van der Waals surface area contributed by atoms with E-state index in [0.29, 0.717) is 6.61 Å². The molecule has 0 aliphatic heterocycles. The molecule has 0 radical (unpaired) electrons. The van der Waals surface area contributed by atoms with E-state index in [2.05, 4.69) is 19.2 Å². The minimum absolute atomic E-state index is 0.538. The molecule has 0 saturated heterocycles. The van der Waals surface area contributed by atoms with Crippen LogP contribution in [0.5, 0.6) is 0 Å². The summed E-state index contributed by atoms with van der Waals surface area (Å²) in [6, 6.07) is 0. The van der Waals surface area contributed by atoms with Gasteiger partial charge in [0.2, 0.25) is 0 Å². The topological polar surface area (TPSA) is 18.5 Å². The first-order valence-corrected chi connectivity index (χ1v) is 5.08. The molecule has 0 fully saturated rings. The summed E-state index contributed by atoms with van der Waals surface area (Å²) in [6.45, 7) is 10.1. The Kier molecular flexibility index (Phi) is 4.22. The molecule has 0 amide bonds. The Labute approximate surface area is 91.6 Å². The van der Waals surface area contributed by atoms with E-state index in [9.17, 15) is 0 Å². The Morgan fingerprint density at radius 1 is 1.60 bits per heavy atom. The summed E-state index contributed by atoms with van der Waals surface area (Å²) in [5.41, 5.74) is 2.27. The van der Waals surface area contributed by atoms with Crippen molar-refractivity contribution in [2.45, 2.75) is 19.8 Å². The van der Waals surface area contributed by atoms with Crippen LogP contribution in [0, 0.1) is 0 Å². The van der Waals surface area contributed by atoms with Crippen molar-refractivity contribution in [1.29, 1.82) is 0 Å². The molecule has 0 unspecified atom stereocenters. The van der Waals surface area contributed by atoms with E-state index in [0.717, 1.165) is 35.5 Å². The molecule has 0 aromatic carbocycles. The molecular formula is C13H18O2. The van der Waals surface area contributed by atoms with E-state index in [1.54, 1.807) is 13.2 Å². The summed E-state index contributed by atoms with van der Waals surface area (Å²) in [6.07, 6.45) is 5.79. The van der Waals surface area contributed by atoms with Crippen LogP contribution in [-0.4, -0.2) is 13.7 Å². The van der Waals surface area contributed by atoms with Crippen LogP contribution in [0.3, 0.4) is 0 Å². The zero-order valence-electron chi connectivity index (χ0n) is 9.51. The third-order valence-electron chi connectivity index (χ3n) is 2.49. The molecule has 0 N–H and O–H groups in total. The fraction of sp³-hybridized carbons (Fsp3) is 0.385. The van der Waals surface area contributed by atoms with E-state index in [-0.39, 0.29) is 0 Å². The number of allylic oxidation sites excluding steroid dienone is 3. The van der Waals surface area contributed by atoms with Gasteiger partial charge in [0.05, 0.1) is 7.11 Å². The fourth-order valence-electron chi connectivity index (χ4n) is 1.62. The number of methoxy groups -OCH3 is 1. The second-order valence-electron chi connectivity index (χ2n) is 3.44. The van der Waals surface area contributed by atoms with Crippen molar-refractivity contribution in [3.8, 4) is 0 Å². The Bertz CT molecular complexity index is 321. The smallest absolute Gasteiger partial charge is 0.119 e. The van der Waals surface area contributed by atoms with E-state index in [4.69, 9.17) is 9.47 Å². The van der Waals surface area contributed by atoms with Gasteiger partial charge in [-0.25, -0.2) is 0 Å². The Morgan fingerprint density at radius 2 is 2.33 bits per heavy atom. The zero-order chi connectivity index (χ0) is 11.3. The fourth-order valence-corrected chi connectivity index (χ4v) is 1.62. The Hall–Kier alpha value is -1.44. The van der Waals surface area contributed by atoms with E-state index >= 15 is 0 Å².